The van der Waals surface area contributed by atoms with Crippen molar-refractivity contribution >= 4 is 34.7 Å². The average Bonchev–Trinajstić information content (AvgIpc) is 3.12. The summed E-state index contributed by atoms with van der Waals surface area (Å²) in [5, 5.41) is 3.67. The summed E-state index contributed by atoms with van der Waals surface area (Å²) >= 11 is 8.03. The number of urea groups is 1. The lowest BCUT2D eigenvalue weighted by molar-refractivity contribution is 0.195. The molecule has 0 saturated carbocycles. The second-order valence-electron chi connectivity index (χ2n) is 7.75. The fraction of sp³-hybridized carbons (Fsp3) is 0.292. The van der Waals surface area contributed by atoms with Crippen LogP contribution in [-0.4, -0.2) is 17.5 Å². The molecular weight excluding hydrogens is 400 g/mol. The number of anilines is 1. The lowest BCUT2D eigenvalue weighted by atomic mass is 9.88. The van der Waals surface area contributed by atoms with Crippen molar-refractivity contribution in [2.75, 3.05) is 11.9 Å². The summed E-state index contributed by atoms with van der Waals surface area (Å²) in [6.45, 7) is 0.724. The van der Waals surface area contributed by atoms with Gasteiger partial charge in [0.25, 0.3) is 0 Å². The normalized spacial score (nSPS) is 18.1. The molecule has 1 aliphatic heterocycles. The van der Waals surface area contributed by atoms with Crippen LogP contribution in [0.25, 0.3) is 0 Å². The number of hydrogen-bond acceptors (Lipinski definition) is 2. The third-order valence-corrected chi connectivity index (χ3v) is 7.55. The molecule has 148 valence electrons. The first-order valence-electron chi connectivity index (χ1n) is 10.2. The second kappa shape index (κ2) is 7.85. The predicted octanol–water partition coefficient (Wildman–Crippen LogP) is 6.46. The van der Waals surface area contributed by atoms with Crippen molar-refractivity contribution in [3.8, 4) is 0 Å². The molecule has 29 heavy (non-hydrogen) atoms. The Balaban J connectivity index is 1.53. The minimum absolute atomic E-state index is 0.0327. The Morgan fingerprint density at radius 2 is 1.83 bits per heavy atom. The Labute approximate surface area is 180 Å². The van der Waals surface area contributed by atoms with Crippen molar-refractivity contribution in [3.05, 3.63) is 86.1 Å². The van der Waals surface area contributed by atoms with Crippen molar-refractivity contribution in [2.45, 2.75) is 38.1 Å². The number of amides is 2. The van der Waals surface area contributed by atoms with Gasteiger partial charge in [-0.25, -0.2) is 4.79 Å². The predicted molar refractivity (Wildman–Crippen MR) is 120 cm³/mol. The maximum Gasteiger partial charge on any atom is 0.322 e. The Morgan fingerprint density at radius 1 is 1.00 bits per heavy atom. The van der Waals surface area contributed by atoms with Crippen LogP contribution in [0.5, 0.6) is 0 Å². The largest absolute Gasteiger partial charge is 0.322 e. The average molecular weight is 423 g/mol. The van der Waals surface area contributed by atoms with Crippen LogP contribution < -0.4 is 5.32 Å². The third-order valence-electron chi connectivity index (χ3n) is 5.93. The van der Waals surface area contributed by atoms with Crippen LogP contribution in [0, 0.1) is 0 Å². The quantitative estimate of drug-likeness (QED) is 0.505. The van der Waals surface area contributed by atoms with Gasteiger partial charge < -0.3 is 10.2 Å². The molecule has 0 bridgehead atoms. The molecule has 1 atom stereocenters. The Bertz CT molecular complexity index is 1050. The molecule has 0 spiro atoms. The van der Waals surface area contributed by atoms with E-state index in [4.69, 9.17) is 11.6 Å². The van der Waals surface area contributed by atoms with E-state index in [1.165, 1.54) is 41.7 Å². The molecule has 2 aliphatic rings. The number of aryl methyl sites for hydroxylation is 1. The summed E-state index contributed by atoms with van der Waals surface area (Å²) in [7, 11) is 0. The topological polar surface area (TPSA) is 32.3 Å². The van der Waals surface area contributed by atoms with Crippen LogP contribution in [0.3, 0.4) is 0 Å². The molecule has 2 heterocycles. The lowest BCUT2D eigenvalue weighted by Gasteiger charge is -2.36. The van der Waals surface area contributed by atoms with Crippen LogP contribution in [0.2, 0.25) is 5.02 Å². The number of hydrogen-bond donors (Lipinski definition) is 1. The van der Waals surface area contributed by atoms with Gasteiger partial charge in [-0.3, -0.25) is 0 Å². The molecule has 0 radical (unpaired) electrons. The van der Waals surface area contributed by atoms with E-state index < -0.39 is 0 Å². The van der Waals surface area contributed by atoms with Crippen LogP contribution >= 0.6 is 22.9 Å². The van der Waals surface area contributed by atoms with Gasteiger partial charge in [0.05, 0.1) is 6.04 Å². The molecule has 1 N–H and O–H groups in total. The molecule has 3 aromatic rings. The lowest BCUT2D eigenvalue weighted by Crippen LogP contribution is -2.42. The van der Waals surface area contributed by atoms with Crippen LogP contribution in [0.15, 0.2) is 54.6 Å². The number of fused-ring (bicyclic) bond motifs is 3. The monoisotopic (exact) mass is 422 g/mol. The highest BCUT2D eigenvalue weighted by molar-refractivity contribution is 7.12. The fourth-order valence-corrected chi connectivity index (χ4v) is 6.37. The van der Waals surface area contributed by atoms with Gasteiger partial charge in [-0.2, -0.15) is 0 Å². The Morgan fingerprint density at radius 3 is 2.66 bits per heavy atom. The van der Waals surface area contributed by atoms with Crippen LogP contribution in [-0.2, 0) is 19.3 Å². The summed E-state index contributed by atoms with van der Waals surface area (Å²) in [4.78, 5) is 18.2. The number of rotatable bonds is 2. The van der Waals surface area contributed by atoms with E-state index in [2.05, 4.69) is 29.6 Å². The standard InChI is InChI=1S/C24H23ClN2OS/c25-17-9-6-10-18(15-17)26-24(28)27-14-13-20-19-11-4-5-12-21(19)29-23(20)22(27)16-7-2-1-3-8-16/h1-3,6-10,15,22H,4-5,11-14H2,(H,26,28)/t22-/m0/s1. The Kier molecular flexibility index (Phi) is 5.06. The molecule has 1 aliphatic carbocycles. The molecule has 0 saturated heterocycles. The smallest absolute Gasteiger partial charge is 0.312 e. The van der Waals surface area contributed by atoms with Gasteiger partial charge in [0.2, 0.25) is 0 Å². The number of benzene rings is 2. The van der Waals surface area contributed by atoms with E-state index in [1.54, 1.807) is 16.5 Å². The van der Waals surface area contributed by atoms with E-state index in [-0.39, 0.29) is 12.1 Å². The second-order valence-corrected chi connectivity index (χ2v) is 9.32. The van der Waals surface area contributed by atoms with Gasteiger partial charge in [0.15, 0.2) is 0 Å². The number of thiophene rings is 1. The van der Waals surface area contributed by atoms with Crippen LogP contribution in [0.4, 0.5) is 10.5 Å². The van der Waals surface area contributed by atoms with Crippen LogP contribution in [0.1, 0.15) is 45.3 Å². The molecule has 1 aromatic heterocycles. The summed E-state index contributed by atoms with van der Waals surface area (Å²) < 4.78 is 0. The van der Waals surface area contributed by atoms with Crippen molar-refractivity contribution in [3.63, 3.8) is 0 Å². The summed E-state index contributed by atoms with van der Waals surface area (Å²) in [5.74, 6) is 0. The van der Waals surface area contributed by atoms with E-state index in [0.29, 0.717) is 5.02 Å². The SMILES string of the molecule is O=C(Nc1cccc(Cl)c1)N1CCc2c(sc3c2CCCC3)[C@@H]1c1ccccc1. The zero-order valence-corrected chi connectivity index (χ0v) is 17.7. The van der Waals surface area contributed by atoms with Gasteiger partial charge in [0.1, 0.15) is 0 Å². The van der Waals surface area contributed by atoms with Gasteiger partial charge in [-0.1, -0.05) is 48.0 Å². The highest BCUT2D eigenvalue weighted by Crippen LogP contribution is 2.45. The number of carbonyl (C=O) groups excluding carboxylic acids is 1. The zero-order chi connectivity index (χ0) is 19.8. The third kappa shape index (κ3) is 3.56. The first-order valence-corrected chi connectivity index (χ1v) is 11.4. The molecule has 2 amide bonds. The molecule has 5 heteroatoms. The first-order chi connectivity index (χ1) is 14.2. The number of carbonyl (C=O) groups is 1. The fourth-order valence-electron chi connectivity index (χ4n) is 4.60. The van der Waals surface area contributed by atoms with E-state index in [9.17, 15) is 4.79 Å². The maximum absolute atomic E-state index is 13.3. The summed E-state index contributed by atoms with van der Waals surface area (Å²) in [6.07, 6.45) is 5.88. The van der Waals surface area contributed by atoms with Gasteiger partial charge >= 0.3 is 6.03 Å². The highest BCUT2D eigenvalue weighted by Gasteiger charge is 2.36. The van der Waals surface area contributed by atoms with E-state index in [1.807, 2.05) is 40.5 Å². The van der Waals surface area contributed by atoms with E-state index in [0.717, 1.165) is 18.7 Å². The zero-order valence-electron chi connectivity index (χ0n) is 16.2. The molecule has 5 rings (SSSR count). The van der Waals surface area contributed by atoms with Crippen molar-refractivity contribution in [2.24, 2.45) is 0 Å². The molecule has 3 nitrogen and oxygen atoms in total. The minimum Gasteiger partial charge on any atom is -0.312 e. The number of nitrogens with zero attached hydrogens (tertiary/aromatic N) is 1. The highest BCUT2D eigenvalue weighted by atomic mass is 35.5. The molecule has 0 unspecified atom stereocenters. The van der Waals surface area contributed by atoms with Crippen molar-refractivity contribution < 1.29 is 4.79 Å². The van der Waals surface area contributed by atoms with Crippen molar-refractivity contribution in [1.29, 1.82) is 0 Å². The molecule has 0 fully saturated rings. The minimum atomic E-state index is -0.0712. The van der Waals surface area contributed by atoms with Crippen molar-refractivity contribution in [1.82, 2.24) is 4.90 Å². The Hall–Kier alpha value is -2.30. The van der Waals surface area contributed by atoms with Gasteiger partial charge in [-0.05, 0) is 67.0 Å². The first kappa shape index (κ1) is 18.7. The van der Waals surface area contributed by atoms with E-state index >= 15 is 0 Å². The number of nitrogens with one attached hydrogen (secondary N) is 1. The molecule has 2 aromatic carbocycles. The number of halogens is 1. The molecular formula is C24H23ClN2OS. The summed E-state index contributed by atoms with van der Waals surface area (Å²) in [6, 6.07) is 17.7. The van der Waals surface area contributed by atoms with Gasteiger partial charge in [-0.15, -0.1) is 11.3 Å². The maximum atomic E-state index is 13.3. The van der Waals surface area contributed by atoms with Gasteiger partial charge in [0, 0.05) is 27.0 Å². The summed E-state index contributed by atoms with van der Waals surface area (Å²) in [5.41, 5.74) is 4.98.